The van der Waals surface area contributed by atoms with Crippen molar-refractivity contribution in [1.29, 1.82) is 0 Å². The number of rotatable bonds is 6. The van der Waals surface area contributed by atoms with Crippen molar-refractivity contribution in [3.8, 4) is 0 Å². The van der Waals surface area contributed by atoms with Crippen LogP contribution in [0.3, 0.4) is 0 Å². The molecule has 0 unspecified atom stereocenters. The molecule has 0 spiro atoms. The summed E-state index contributed by atoms with van der Waals surface area (Å²) >= 11 is 3.06. The Balaban J connectivity index is 1.49. The van der Waals surface area contributed by atoms with Crippen LogP contribution in [0.15, 0.2) is 12.1 Å². The fourth-order valence-electron chi connectivity index (χ4n) is 5.34. The lowest BCUT2D eigenvalue weighted by Gasteiger charge is -2.32. The minimum atomic E-state index is -0.0726. The van der Waals surface area contributed by atoms with Crippen LogP contribution in [0.1, 0.15) is 64.2 Å². The minimum Gasteiger partial charge on any atom is -0.322 e. The summed E-state index contributed by atoms with van der Waals surface area (Å²) in [5.74, 6) is -0.145. The Bertz CT molecular complexity index is 1040. The number of carbonyl (C=O) groups excluding carboxylic acids is 2. The first-order chi connectivity index (χ1) is 16.6. The number of nitrogens with two attached hydrogens (primary N) is 2. The zero-order chi connectivity index (χ0) is 23.7. The molecule has 10 heteroatoms. The first kappa shape index (κ1) is 23.6. The molecule has 182 valence electrons. The first-order valence-electron chi connectivity index (χ1n) is 12.3. The number of carbonyl (C=O) groups is 2. The Kier molecular flexibility index (Phi) is 7.10. The van der Waals surface area contributed by atoms with Gasteiger partial charge < -0.3 is 11.5 Å². The molecule has 5 rings (SSSR count). The van der Waals surface area contributed by atoms with Gasteiger partial charge in [-0.15, -0.1) is 0 Å². The Hall–Kier alpha value is -2.14. The molecule has 2 heterocycles. The Morgan fingerprint density at radius 3 is 1.53 bits per heavy atom. The lowest BCUT2D eigenvalue weighted by atomic mass is 9.94. The number of aromatic nitrogens is 2. The van der Waals surface area contributed by atoms with Crippen LogP contribution in [0.2, 0.25) is 0 Å². The zero-order valence-electron chi connectivity index (χ0n) is 19.4. The van der Waals surface area contributed by atoms with Crippen molar-refractivity contribution in [3.63, 3.8) is 0 Å². The average molecular weight is 501 g/mol. The van der Waals surface area contributed by atoms with Gasteiger partial charge in [-0.3, -0.25) is 19.4 Å². The quantitative estimate of drug-likeness (QED) is 0.525. The van der Waals surface area contributed by atoms with Crippen LogP contribution in [-0.4, -0.2) is 47.0 Å². The first-order valence-corrected chi connectivity index (χ1v) is 14.0. The number of amides is 2. The van der Waals surface area contributed by atoms with Crippen LogP contribution >= 0.6 is 22.7 Å². The van der Waals surface area contributed by atoms with Crippen molar-refractivity contribution in [3.05, 3.63) is 12.1 Å². The lowest BCUT2D eigenvalue weighted by molar-refractivity contribution is -0.118. The third-order valence-electron chi connectivity index (χ3n) is 7.05. The van der Waals surface area contributed by atoms with Gasteiger partial charge in [0.25, 0.3) is 0 Å². The second-order valence-corrected chi connectivity index (χ2v) is 11.3. The van der Waals surface area contributed by atoms with E-state index in [0.717, 1.165) is 82.1 Å². The molecule has 0 saturated heterocycles. The van der Waals surface area contributed by atoms with E-state index in [2.05, 4.69) is 6.07 Å². The highest BCUT2D eigenvalue weighted by atomic mass is 32.1. The monoisotopic (exact) mass is 500 g/mol. The largest absolute Gasteiger partial charge is 0.322 e. The van der Waals surface area contributed by atoms with Gasteiger partial charge >= 0.3 is 0 Å². The number of fused-ring (bicyclic) bond motifs is 2. The smallest absolute Gasteiger partial charge is 0.242 e. The number of anilines is 2. The van der Waals surface area contributed by atoms with E-state index in [-0.39, 0.29) is 37.0 Å². The summed E-state index contributed by atoms with van der Waals surface area (Å²) in [6.07, 6.45) is 10.9. The van der Waals surface area contributed by atoms with Crippen molar-refractivity contribution >= 4 is 65.2 Å². The Morgan fingerprint density at radius 1 is 0.735 bits per heavy atom. The number of hydrogen-bond donors (Lipinski definition) is 2. The van der Waals surface area contributed by atoms with Gasteiger partial charge in [-0.05, 0) is 37.8 Å². The molecule has 2 saturated carbocycles. The van der Waals surface area contributed by atoms with Gasteiger partial charge in [-0.1, -0.05) is 61.2 Å². The molecule has 0 atom stereocenters. The van der Waals surface area contributed by atoms with Gasteiger partial charge in [0.15, 0.2) is 10.3 Å². The van der Waals surface area contributed by atoms with Crippen molar-refractivity contribution in [2.45, 2.75) is 76.3 Å². The second-order valence-electron chi connectivity index (χ2n) is 9.30. The molecule has 2 aliphatic rings. The Labute approximate surface area is 207 Å². The van der Waals surface area contributed by atoms with E-state index in [1.165, 1.54) is 35.5 Å². The van der Waals surface area contributed by atoms with E-state index < -0.39 is 0 Å². The summed E-state index contributed by atoms with van der Waals surface area (Å²) in [6, 6.07) is 4.40. The summed E-state index contributed by atoms with van der Waals surface area (Å²) in [5, 5.41) is 1.44. The highest BCUT2D eigenvalue weighted by molar-refractivity contribution is 7.24. The van der Waals surface area contributed by atoms with E-state index in [4.69, 9.17) is 21.4 Å². The van der Waals surface area contributed by atoms with Crippen LogP contribution in [0.4, 0.5) is 10.3 Å². The fraction of sp³-hybridized carbons (Fsp3) is 0.583. The number of thiazole rings is 2. The molecule has 0 bridgehead atoms. The Morgan fingerprint density at radius 2 is 1.15 bits per heavy atom. The molecule has 4 N–H and O–H groups in total. The molecule has 2 aliphatic carbocycles. The van der Waals surface area contributed by atoms with Gasteiger partial charge in [0, 0.05) is 12.1 Å². The predicted molar refractivity (Wildman–Crippen MR) is 140 cm³/mol. The molecule has 1 aromatic carbocycles. The van der Waals surface area contributed by atoms with E-state index >= 15 is 0 Å². The third-order valence-corrected chi connectivity index (χ3v) is 9.09. The molecular weight excluding hydrogens is 468 g/mol. The fourth-order valence-corrected chi connectivity index (χ4v) is 7.57. The molecule has 2 fully saturated rings. The van der Waals surface area contributed by atoms with E-state index in [9.17, 15) is 9.59 Å². The molecular formula is C24H32N6O2S2. The standard InChI is InChI=1S/C24H32N6O2S2/c25-13-21(31)29(15-7-3-1-4-8-15)23-27-17-11-18-20(12-19(17)33-23)34-24(28-18)30(22(32)14-26)16-9-5-2-6-10-16/h11-12,15-16H,1-10,13-14,25-26H2. The highest BCUT2D eigenvalue weighted by Gasteiger charge is 2.30. The molecule has 2 amide bonds. The second kappa shape index (κ2) is 10.2. The van der Waals surface area contributed by atoms with Gasteiger partial charge in [0.05, 0.1) is 33.5 Å². The van der Waals surface area contributed by atoms with Gasteiger partial charge in [-0.2, -0.15) is 0 Å². The maximum Gasteiger partial charge on any atom is 0.242 e. The summed E-state index contributed by atoms with van der Waals surface area (Å²) in [5.41, 5.74) is 13.2. The van der Waals surface area contributed by atoms with Gasteiger partial charge in [-0.25, -0.2) is 9.97 Å². The van der Waals surface area contributed by atoms with Crippen LogP contribution < -0.4 is 21.3 Å². The summed E-state index contributed by atoms with van der Waals surface area (Å²) in [7, 11) is 0. The maximum absolute atomic E-state index is 12.7. The van der Waals surface area contributed by atoms with E-state index in [1.54, 1.807) is 0 Å². The maximum atomic E-state index is 12.7. The van der Waals surface area contributed by atoms with E-state index in [1.807, 2.05) is 15.9 Å². The topological polar surface area (TPSA) is 118 Å². The van der Waals surface area contributed by atoms with Crippen LogP contribution in [0, 0.1) is 0 Å². The van der Waals surface area contributed by atoms with E-state index in [0.29, 0.717) is 0 Å². The molecule has 0 aliphatic heterocycles. The summed E-state index contributed by atoms with van der Waals surface area (Å²) in [6.45, 7) is -0.0305. The van der Waals surface area contributed by atoms with Crippen LogP contribution in [0.25, 0.3) is 20.4 Å². The predicted octanol–water partition coefficient (Wildman–Crippen LogP) is 4.15. The molecule has 3 aromatic rings. The SMILES string of the molecule is NCC(=O)N(c1nc2cc3nc(N(C(=O)CN)C4CCCCC4)sc3cc2s1)C1CCCCC1. The third kappa shape index (κ3) is 4.56. The minimum absolute atomic E-state index is 0.0153. The number of hydrogen-bond acceptors (Lipinski definition) is 8. The number of nitrogens with zero attached hydrogens (tertiary/aromatic N) is 4. The van der Waals surface area contributed by atoms with Crippen molar-refractivity contribution in [1.82, 2.24) is 9.97 Å². The lowest BCUT2D eigenvalue weighted by Crippen LogP contribution is -2.44. The van der Waals surface area contributed by atoms with Crippen molar-refractivity contribution in [2.75, 3.05) is 22.9 Å². The molecule has 2 aromatic heterocycles. The molecule has 0 radical (unpaired) electrons. The van der Waals surface area contributed by atoms with Crippen molar-refractivity contribution in [2.24, 2.45) is 11.5 Å². The van der Waals surface area contributed by atoms with Crippen LogP contribution in [-0.2, 0) is 9.59 Å². The summed E-state index contributed by atoms with van der Waals surface area (Å²) in [4.78, 5) is 38.8. The van der Waals surface area contributed by atoms with Gasteiger partial charge in [0.2, 0.25) is 11.8 Å². The zero-order valence-corrected chi connectivity index (χ0v) is 21.0. The van der Waals surface area contributed by atoms with Crippen LogP contribution in [0.5, 0.6) is 0 Å². The average Bonchev–Trinajstić information content (AvgIpc) is 3.46. The summed E-state index contributed by atoms with van der Waals surface area (Å²) < 4.78 is 2.02. The van der Waals surface area contributed by atoms with Crippen molar-refractivity contribution < 1.29 is 9.59 Å². The number of benzene rings is 1. The normalized spacial score (nSPS) is 17.9. The molecule has 34 heavy (non-hydrogen) atoms. The highest BCUT2D eigenvalue weighted by Crippen LogP contribution is 2.39. The molecule has 8 nitrogen and oxygen atoms in total. The van der Waals surface area contributed by atoms with Gasteiger partial charge in [0.1, 0.15) is 0 Å².